The molecule has 0 saturated heterocycles. The van der Waals surface area contributed by atoms with Gasteiger partial charge in [0.25, 0.3) is 0 Å². The predicted octanol–water partition coefficient (Wildman–Crippen LogP) is 1.67. The third-order valence-corrected chi connectivity index (χ3v) is 2.38. The SMILES string of the molecule is Cc1ccc(-c2cc(C(=O)O)[nH]n2)cc1N. The van der Waals surface area contributed by atoms with Gasteiger partial charge >= 0.3 is 5.97 Å². The Balaban J connectivity index is 2.42. The van der Waals surface area contributed by atoms with Crippen LogP contribution in [0.25, 0.3) is 11.3 Å². The Kier molecular flexibility index (Phi) is 2.36. The molecular weight excluding hydrogens is 206 g/mol. The number of aryl methyl sites for hydroxylation is 1. The lowest BCUT2D eigenvalue weighted by atomic mass is 10.1. The second kappa shape index (κ2) is 3.69. The van der Waals surface area contributed by atoms with Gasteiger partial charge in [-0.2, -0.15) is 5.10 Å². The van der Waals surface area contributed by atoms with E-state index in [-0.39, 0.29) is 5.69 Å². The third-order valence-electron chi connectivity index (χ3n) is 2.38. The maximum Gasteiger partial charge on any atom is 0.353 e. The third kappa shape index (κ3) is 1.75. The second-order valence-electron chi connectivity index (χ2n) is 3.54. The van der Waals surface area contributed by atoms with Crippen LogP contribution >= 0.6 is 0 Å². The number of carboxylic acid groups (broad SMARTS) is 1. The molecule has 4 N–H and O–H groups in total. The smallest absolute Gasteiger partial charge is 0.353 e. The number of hydrogen-bond acceptors (Lipinski definition) is 3. The number of hydrogen-bond donors (Lipinski definition) is 3. The van der Waals surface area contributed by atoms with Crippen molar-refractivity contribution >= 4 is 11.7 Å². The number of nitrogen functional groups attached to an aromatic ring is 1. The summed E-state index contributed by atoms with van der Waals surface area (Å²) >= 11 is 0. The molecule has 1 aromatic carbocycles. The van der Waals surface area contributed by atoms with Crippen LogP contribution in [0.1, 0.15) is 16.1 Å². The van der Waals surface area contributed by atoms with E-state index in [9.17, 15) is 4.79 Å². The van der Waals surface area contributed by atoms with Crippen molar-refractivity contribution in [1.29, 1.82) is 0 Å². The maximum absolute atomic E-state index is 10.7. The molecule has 2 aromatic rings. The van der Waals surface area contributed by atoms with Crippen LogP contribution in [-0.2, 0) is 0 Å². The van der Waals surface area contributed by atoms with Crippen LogP contribution < -0.4 is 5.73 Å². The fourth-order valence-electron chi connectivity index (χ4n) is 1.38. The van der Waals surface area contributed by atoms with E-state index in [1.807, 2.05) is 19.1 Å². The van der Waals surface area contributed by atoms with Gasteiger partial charge in [0.05, 0.1) is 5.69 Å². The van der Waals surface area contributed by atoms with Gasteiger partial charge in [-0.15, -0.1) is 0 Å². The Hall–Kier alpha value is -2.30. The van der Waals surface area contributed by atoms with Gasteiger partial charge in [-0.05, 0) is 24.6 Å². The van der Waals surface area contributed by atoms with E-state index in [2.05, 4.69) is 10.2 Å². The number of carbonyl (C=O) groups is 1. The molecule has 5 nitrogen and oxygen atoms in total. The molecule has 2 rings (SSSR count). The standard InChI is InChI=1S/C11H11N3O2/c1-6-2-3-7(4-8(6)12)9-5-10(11(15)16)14-13-9/h2-5H,12H2,1H3,(H,13,14)(H,15,16). The molecule has 1 heterocycles. The number of nitrogens with two attached hydrogens (primary N) is 1. The lowest BCUT2D eigenvalue weighted by Crippen LogP contribution is -1.95. The average Bonchev–Trinajstić information content (AvgIpc) is 2.71. The summed E-state index contributed by atoms with van der Waals surface area (Å²) in [6, 6.07) is 6.98. The van der Waals surface area contributed by atoms with Gasteiger partial charge in [0.15, 0.2) is 0 Å². The molecule has 0 amide bonds. The van der Waals surface area contributed by atoms with Gasteiger partial charge in [0, 0.05) is 11.3 Å². The molecule has 0 atom stereocenters. The first-order valence-corrected chi connectivity index (χ1v) is 4.73. The molecular formula is C11H11N3O2. The van der Waals surface area contributed by atoms with Gasteiger partial charge < -0.3 is 10.8 Å². The first-order valence-electron chi connectivity index (χ1n) is 4.73. The van der Waals surface area contributed by atoms with Crippen LogP contribution in [-0.4, -0.2) is 21.3 Å². The van der Waals surface area contributed by atoms with Crippen molar-refractivity contribution in [3.8, 4) is 11.3 Å². The highest BCUT2D eigenvalue weighted by Gasteiger charge is 2.09. The highest BCUT2D eigenvalue weighted by molar-refractivity contribution is 5.87. The Morgan fingerprint density at radius 2 is 2.19 bits per heavy atom. The quantitative estimate of drug-likeness (QED) is 0.667. The summed E-state index contributed by atoms with van der Waals surface area (Å²) in [5.74, 6) is -1.03. The second-order valence-corrected chi connectivity index (χ2v) is 3.54. The lowest BCUT2D eigenvalue weighted by Gasteiger charge is -2.01. The molecule has 0 saturated carbocycles. The van der Waals surface area contributed by atoms with Crippen LogP contribution in [0.3, 0.4) is 0 Å². The minimum Gasteiger partial charge on any atom is -0.477 e. The minimum atomic E-state index is -1.03. The normalized spacial score (nSPS) is 10.3. The number of aromatic nitrogens is 2. The van der Waals surface area contributed by atoms with Gasteiger partial charge in [-0.25, -0.2) is 4.79 Å². The van der Waals surface area contributed by atoms with Crippen LogP contribution in [0.2, 0.25) is 0 Å². The molecule has 5 heteroatoms. The van der Waals surface area contributed by atoms with Gasteiger partial charge in [-0.3, -0.25) is 5.10 Å². The molecule has 0 aliphatic carbocycles. The number of aromatic carboxylic acids is 1. The molecule has 0 spiro atoms. The van der Waals surface area contributed by atoms with Crippen LogP contribution in [0.5, 0.6) is 0 Å². The molecule has 0 aliphatic rings. The van der Waals surface area contributed by atoms with E-state index in [0.717, 1.165) is 11.1 Å². The number of H-pyrrole nitrogens is 1. The summed E-state index contributed by atoms with van der Waals surface area (Å²) < 4.78 is 0. The molecule has 0 fully saturated rings. The molecule has 16 heavy (non-hydrogen) atoms. The molecule has 0 radical (unpaired) electrons. The number of benzene rings is 1. The van der Waals surface area contributed by atoms with Crippen LogP contribution in [0.15, 0.2) is 24.3 Å². The number of rotatable bonds is 2. The number of nitrogens with one attached hydrogen (secondary N) is 1. The zero-order valence-electron chi connectivity index (χ0n) is 8.69. The Morgan fingerprint density at radius 1 is 1.44 bits per heavy atom. The van der Waals surface area contributed by atoms with E-state index in [1.54, 1.807) is 6.07 Å². The van der Waals surface area contributed by atoms with E-state index in [0.29, 0.717) is 11.4 Å². The highest BCUT2D eigenvalue weighted by atomic mass is 16.4. The van der Waals surface area contributed by atoms with E-state index in [4.69, 9.17) is 10.8 Å². The van der Waals surface area contributed by atoms with E-state index >= 15 is 0 Å². The van der Waals surface area contributed by atoms with Crippen LogP contribution in [0, 0.1) is 6.92 Å². The summed E-state index contributed by atoms with van der Waals surface area (Å²) in [6.45, 7) is 1.91. The highest BCUT2D eigenvalue weighted by Crippen LogP contribution is 2.22. The van der Waals surface area contributed by atoms with Crippen molar-refractivity contribution in [2.75, 3.05) is 5.73 Å². The minimum absolute atomic E-state index is 0.0640. The first kappa shape index (κ1) is 10.2. The maximum atomic E-state index is 10.7. The van der Waals surface area contributed by atoms with Crippen molar-refractivity contribution in [2.24, 2.45) is 0 Å². The molecule has 82 valence electrons. The monoisotopic (exact) mass is 217 g/mol. The van der Waals surface area contributed by atoms with Crippen molar-refractivity contribution in [1.82, 2.24) is 10.2 Å². The summed E-state index contributed by atoms with van der Waals surface area (Å²) in [4.78, 5) is 10.7. The first-order chi connectivity index (χ1) is 7.58. The van der Waals surface area contributed by atoms with Gasteiger partial charge in [0.2, 0.25) is 0 Å². The summed E-state index contributed by atoms with van der Waals surface area (Å²) in [5.41, 5.74) is 8.85. The fourth-order valence-corrected chi connectivity index (χ4v) is 1.38. The average molecular weight is 217 g/mol. The van der Waals surface area contributed by atoms with Gasteiger partial charge in [-0.1, -0.05) is 12.1 Å². The molecule has 0 aliphatic heterocycles. The van der Waals surface area contributed by atoms with Crippen molar-refractivity contribution < 1.29 is 9.90 Å². The van der Waals surface area contributed by atoms with Crippen LogP contribution in [0.4, 0.5) is 5.69 Å². The zero-order valence-corrected chi connectivity index (χ0v) is 8.69. The van der Waals surface area contributed by atoms with E-state index < -0.39 is 5.97 Å². The Labute approximate surface area is 91.9 Å². The molecule has 0 bridgehead atoms. The van der Waals surface area contributed by atoms with Crippen molar-refractivity contribution in [2.45, 2.75) is 6.92 Å². The molecule has 0 unspecified atom stereocenters. The summed E-state index contributed by atoms with van der Waals surface area (Å²) in [7, 11) is 0. The largest absolute Gasteiger partial charge is 0.477 e. The van der Waals surface area contributed by atoms with Gasteiger partial charge in [0.1, 0.15) is 5.69 Å². The van der Waals surface area contributed by atoms with Crippen molar-refractivity contribution in [3.05, 3.63) is 35.5 Å². The number of carboxylic acids is 1. The fraction of sp³-hybridized carbons (Fsp3) is 0.0909. The molecule has 1 aromatic heterocycles. The summed E-state index contributed by atoms with van der Waals surface area (Å²) in [5, 5.41) is 15.1. The van der Waals surface area contributed by atoms with Crippen molar-refractivity contribution in [3.63, 3.8) is 0 Å². The topological polar surface area (TPSA) is 92.0 Å². The number of aromatic amines is 1. The zero-order chi connectivity index (χ0) is 11.7. The Morgan fingerprint density at radius 3 is 2.75 bits per heavy atom. The van der Waals surface area contributed by atoms with E-state index in [1.165, 1.54) is 6.07 Å². The lowest BCUT2D eigenvalue weighted by molar-refractivity contribution is 0.0690. The Bertz CT molecular complexity index is 546. The predicted molar refractivity (Wildman–Crippen MR) is 60.1 cm³/mol. The number of nitrogens with zero attached hydrogens (tertiary/aromatic N) is 1. The summed E-state index contributed by atoms with van der Waals surface area (Å²) in [6.07, 6.45) is 0. The number of anilines is 1.